The Bertz CT molecular complexity index is 836. The first-order valence-electron chi connectivity index (χ1n) is 9.32. The molecule has 0 saturated carbocycles. The second kappa shape index (κ2) is 9.94. The first-order valence-corrected chi connectivity index (χ1v) is 9.32. The summed E-state index contributed by atoms with van der Waals surface area (Å²) < 4.78 is 14.0. The van der Waals surface area contributed by atoms with Gasteiger partial charge in [-0.2, -0.15) is 0 Å². The van der Waals surface area contributed by atoms with Crippen molar-refractivity contribution in [3.63, 3.8) is 0 Å². The zero-order valence-electron chi connectivity index (χ0n) is 16.2. The quantitative estimate of drug-likeness (QED) is 0.525. The lowest BCUT2D eigenvalue weighted by molar-refractivity contribution is -0.167. The summed E-state index contributed by atoms with van der Waals surface area (Å²) >= 11 is 0. The average molecular weight is 401 g/mol. The lowest BCUT2D eigenvalue weighted by atomic mass is 10.1. The van der Waals surface area contributed by atoms with Crippen molar-refractivity contribution >= 4 is 23.8 Å². The predicted molar refractivity (Wildman–Crippen MR) is 106 cm³/mol. The van der Waals surface area contributed by atoms with Crippen LogP contribution in [0, 0.1) is 11.7 Å². The number of carbonyl (C=O) groups excluding carboxylic acids is 2. The monoisotopic (exact) mass is 401 g/mol. The highest BCUT2D eigenvalue weighted by Crippen LogP contribution is 2.22. The molecular formula is C20H24FN5O3. The second-order valence-electron chi connectivity index (χ2n) is 7.01. The van der Waals surface area contributed by atoms with Crippen molar-refractivity contribution in [2.24, 2.45) is 5.92 Å². The van der Waals surface area contributed by atoms with Gasteiger partial charge in [-0.05, 0) is 54.8 Å². The number of hydrogen-bond acceptors (Lipinski definition) is 5. The fraction of sp³-hybridized carbons (Fsp3) is 0.350. The molecule has 1 saturated heterocycles. The molecule has 154 valence electrons. The summed E-state index contributed by atoms with van der Waals surface area (Å²) in [6.07, 6.45) is 4.70. The molecule has 0 spiro atoms. The van der Waals surface area contributed by atoms with Crippen LogP contribution in [0.25, 0.3) is 0 Å². The van der Waals surface area contributed by atoms with Crippen LogP contribution in [0.15, 0.2) is 42.7 Å². The van der Waals surface area contributed by atoms with Gasteiger partial charge >= 0.3 is 6.03 Å². The van der Waals surface area contributed by atoms with E-state index in [0.29, 0.717) is 36.9 Å². The Kier molecular flexibility index (Phi) is 7.09. The summed E-state index contributed by atoms with van der Waals surface area (Å²) in [5, 5.41) is 6.45. The topological polar surface area (TPSA) is 86.8 Å². The molecule has 3 rings (SSSR count). The Hall–Kier alpha value is -3.04. The van der Waals surface area contributed by atoms with Gasteiger partial charge < -0.3 is 10.6 Å². The number of urea groups is 1. The third-order valence-electron chi connectivity index (χ3n) is 4.57. The number of aromatic nitrogens is 1. The summed E-state index contributed by atoms with van der Waals surface area (Å²) in [5.41, 5.74) is 1.70. The fourth-order valence-electron chi connectivity index (χ4n) is 3.25. The third-order valence-corrected chi connectivity index (χ3v) is 4.57. The second-order valence-corrected chi connectivity index (χ2v) is 7.01. The number of carbonyl (C=O) groups is 2. The Morgan fingerprint density at radius 1 is 1.38 bits per heavy atom. The van der Waals surface area contributed by atoms with Gasteiger partial charge in [0.2, 0.25) is 6.41 Å². The van der Waals surface area contributed by atoms with Crippen LogP contribution in [0.3, 0.4) is 0 Å². The van der Waals surface area contributed by atoms with Gasteiger partial charge in [0.25, 0.3) is 0 Å². The van der Waals surface area contributed by atoms with Gasteiger partial charge in [0.05, 0.1) is 18.5 Å². The Morgan fingerprint density at radius 2 is 2.21 bits per heavy atom. The van der Waals surface area contributed by atoms with Gasteiger partial charge in [-0.1, -0.05) is 0 Å². The van der Waals surface area contributed by atoms with Crippen molar-refractivity contribution in [2.75, 3.05) is 37.4 Å². The Morgan fingerprint density at radius 3 is 2.97 bits per heavy atom. The van der Waals surface area contributed by atoms with Gasteiger partial charge in [0, 0.05) is 32.0 Å². The van der Waals surface area contributed by atoms with Crippen LogP contribution in [0.1, 0.15) is 12.0 Å². The molecule has 8 nitrogen and oxygen atoms in total. The molecule has 2 N–H and O–H groups in total. The molecule has 1 fully saturated rings. The van der Waals surface area contributed by atoms with Crippen molar-refractivity contribution in [3.8, 4) is 0 Å². The van der Waals surface area contributed by atoms with Crippen LogP contribution in [0.5, 0.6) is 0 Å². The number of benzene rings is 1. The third kappa shape index (κ3) is 6.51. The van der Waals surface area contributed by atoms with Crippen LogP contribution in [-0.4, -0.2) is 54.1 Å². The van der Waals surface area contributed by atoms with Crippen LogP contribution in [0.4, 0.5) is 20.6 Å². The number of hydroxylamine groups is 2. The van der Waals surface area contributed by atoms with Gasteiger partial charge in [0.15, 0.2) is 0 Å². The van der Waals surface area contributed by atoms with Crippen molar-refractivity contribution in [2.45, 2.75) is 13.0 Å². The van der Waals surface area contributed by atoms with Gasteiger partial charge in [0.1, 0.15) is 5.82 Å². The number of nitrogens with one attached hydrogen (secondary N) is 2. The van der Waals surface area contributed by atoms with E-state index in [1.807, 2.05) is 0 Å². The van der Waals surface area contributed by atoms with E-state index < -0.39 is 11.8 Å². The molecule has 2 aromatic rings. The highest BCUT2D eigenvalue weighted by molar-refractivity contribution is 5.99. The maximum Gasteiger partial charge on any atom is 0.323 e. The number of hydrogen-bond donors (Lipinski definition) is 2. The minimum Gasteiger partial charge on any atom is -0.308 e. The first-order chi connectivity index (χ1) is 14.0. The molecule has 0 radical (unpaired) electrons. The van der Waals surface area contributed by atoms with E-state index in [-0.39, 0.29) is 0 Å². The number of halogens is 1. The Balaban J connectivity index is 1.54. The predicted octanol–water partition coefficient (Wildman–Crippen LogP) is 2.71. The zero-order chi connectivity index (χ0) is 20.6. The van der Waals surface area contributed by atoms with Crippen LogP contribution in [-0.2, 0) is 16.2 Å². The number of nitrogens with zero attached hydrogens (tertiary/aromatic N) is 3. The van der Waals surface area contributed by atoms with E-state index in [1.54, 1.807) is 31.4 Å². The smallest absolute Gasteiger partial charge is 0.308 e. The molecular weight excluding hydrogens is 377 g/mol. The Labute approximate surface area is 168 Å². The normalized spacial score (nSPS) is 16.4. The lowest BCUT2D eigenvalue weighted by Gasteiger charge is -2.18. The number of amides is 3. The number of pyridine rings is 1. The number of likely N-dealkylation sites (tertiary alicyclic amines) is 1. The van der Waals surface area contributed by atoms with Crippen LogP contribution >= 0.6 is 0 Å². The van der Waals surface area contributed by atoms with Crippen molar-refractivity contribution in [1.29, 1.82) is 0 Å². The minimum atomic E-state index is -0.466. The van der Waals surface area contributed by atoms with E-state index in [1.165, 1.54) is 18.3 Å². The van der Waals surface area contributed by atoms with E-state index in [0.717, 1.165) is 30.1 Å². The highest BCUT2D eigenvalue weighted by atomic mass is 19.1. The molecule has 0 unspecified atom stereocenters. The highest BCUT2D eigenvalue weighted by Gasteiger charge is 2.23. The average Bonchev–Trinajstić information content (AvgIpc) is 3.13. The fourth-order valence-corrected chi connectivity index (χ4v) is 3.25. The van der Waals surface area contributed by atoms with E-state index in [2.05, 4.69) is 20.5 Å². The minimum absolute atomic E-state index is 0.314. The molecule has 3 amide bonds. The van der Waals surface area contributed by atoms with E-state index in [4.69, 9.17) is 4.84 Å². The summed E-state index contributed by atoms with van der Waals surface area (Å²) in [6, 6.07) is 7.46. The molecule has 1 aromatic carbocycles. The summed E-state index contributed by atoms with van der Waals surface area (Å²) in [4.78, 5) is 34.1. The lowest BCUT2D eigenvalue weighted by Crippen LogP contribution is -2.25. The van der Waals surface area contributed by atoms with Crippen molar-refractivity contribution < 1.29 is 18.8 Å². The van der Waals surface area contributed by atoms with E-state index in [9.17, 15) is 14.0 Å². The van der Waals surface area contributed by atoms with Crippen molar-refractivity contribution in [1.82, 2.24) is 14.9 Å². The molecule has 1 atom stereocenters. The summed E-state index contributed by atoms with van der Waals surface area (Å²) in [7, 11) is 1.56. The van der Waals surface area contributed by atoms with Gasteiger partial charge in [-0.15, -0.1) is 0 Å². The van der Waals surface area contributed by atoms with Crippen LogP contribution < -0.4 is 10.6 Å². The summed E-state index contributed by atoms with van der Waals surface area (Å²) in [6.45, 7) is 2.69. The zero-order valence-corrected chi connectivity index (χ0v) is 16.2. The molecule has 0 aliphatic carbocycles. The number of anilines is 2. The van der Waals surface area contributed by atoms with E-state index >= 15 is 0 Å². The van der Waals surface area contributed by atoms with Gasteiger partial charge in [-0.25, -0.2) is 14.2 Å². The van der Waals surface area contributed by atoms with Crippen LogP contribution in [0.2, 0.25) is 0 Å². The molecule has 2 heterocycles. The first kappa shape index (κ1) is 20.7. The molecule has 9 heteroatoms. The maximum absolute atomic E-state index is 14.0. The molecule has 1 aromatic heterocycles. The molecule has 0 bridgehead atoms. The van der Waals surface area contributed by atoms with Gasteiger partial charge in [-0.3, -0.25) is 19.5 Å². The standard InChI is InChI=1S/C20H24FN5O3/c1-25(14-27)29-13-15-4-6-26(11-15)12-16-7-17(21)9-19(8-16)24-20(28)23-18-3-2-5-22-10-18/h2-3,5,7-10,14-15H,4,6,11-13H2,1H3,(H2,23,24,28)/t15-/m0/s1. The molecule has 29 heavy (non-hydrogen) atoms. The molecule has 1 aliphatic heterocycles. The van der Waals surface area contributed by atoms with Crippen molar-refractivity contribution in [3.05, 3.63) is 54.1 Å². The maximum atomic E-state index is 14.0. The summed E-state index contributed by atoms with van der Waals surface area (Å²) in [5.74, 6) is -0.0975. The SMILES string of the molecule is CN(C=O)OC[C@H]1CCN(Cc2cc(F)cc(NC(=O)Nc3cccnc3)c2)C1. The largest absolute Gasteiger partial charge is 0.323 e. The molecule has 1 aliphatic rings. The number of rotatable bonds is 8.